The maximum Gasteiger partial charge on any atom is 0.416 e. The van der Waals surface area contributed by atoms with Gasteiger partial charge in [-0.25, -0.2) is 0 Å². The Morgan fingerprint density at radius 2 is 1.47 bits per heavy atom. The first-order chi connectivity index (χ1) is 7.66. The van der Waals surface area contributed by atoms with E-state index in [2.05, 4.69) is 0 Å². The molecule has 17 heavy (non-hydrogen) atoms. The van der Waals surface area contributed by atoms with Crippen LogP contribution in [0.2, 0.25) is 0 Å². The van der Waals surface area contributed by atoms with Gasteiger partial charge < -0.3 is 0 Å². The highest BCUT2D eigenvalue weighted by Crippen LogP contribution is 2.38. The molecule has 0 aliphatic carbocycles. The van der Waals surface area contributed by atoms with Gasteiger partial charge in [0.1, 0.15) is 0 Å². The van der Waals surface area contributed by atoms with Crippen LogP contribution in [0.4, 0.5) is 13.2 Å². The molecule has 0 atom stereocenters. The van der Waals surface area contributed by atoms with Crippen molar-refractivity contribution in [3.63, 3.8) is 0 Å². The highest BCUT2D eigenvalue weighted by Gasteiger charge is 2.34. The Kier molecular flexibility index (Phi) is 3.90. The normalized spacial score (nSPS) is 12.6. The first-order valence-corrected chi connectivity index (χ1v) is 5.86. The van der Waals surface area contributed by atoms with Crippen LogP contribution in [0.1, 0.15) is 61.8 Å². The van der Waals surface area contributed by atoms with E-state index in [9.17, 15) is 13.2 Å². The van der Waals surface area contributed by atoms with Gasteiger partial charge in [0.15, 0.2) is 0 Å². The fraction of sp³-hybridized carbons (Fsp3) is 0.571. The van der Waals surface area contributed by atoms with Gasteiger partial charge >= 0.3 is 6.18 Å². The smallest absolute Gasteiger partial charge is 0.166 e. The van der Waals surface area contributed by atoms with E-state index in [0.717, 1.165) is 11.1 Å². The Bertz CT molecular complexity index is 401. The third-order valence-electron chi connectivity index (χ3n) is 3.05. The fourth-order valence-electron chi connectivity index (χ4n) is 2.33. The molecule has 0 fully saturated rings. The Labute approximate surface area is 101 Å². The summed E-state index contributed by atoms with van der Waals surface area (Å²) in [4.78, 5) is 0. The topological polar surface area (TPSA) is 0 Å². The van der Waals surface area contributed by atoms with E-state index in [0.29, 0.717) is 5.56 Å². The van der Waals surface area contributed by atoms with Crippen LogP contribution in [0.5, 0.6) is 0 Å². The lowest BCUT2D eigenvalue weighted by Crippen LogP contribution is -2.12. The minimum atomic E-state index is -4.26. The second-order valence-corrected chi connectivity index (χ2v) is 5.05. The SMILES string of the molecule is Cc1c(C(F)(F)F)ccc(C(C)C)c1C(C)C. The van der Waals surface area contributed by atoms with Gasteiger partial charge in [0.2, 0.25) is 0 Å². The van der Waals surface area contributed by atoms with Gasteiger partial charge in [0.05, 0.1) is 5.56 Å². The maximum atomic E-state index is 12.8. The van der Waals surface area contributed by atoms with Crippen LogP contribution in [0.3, 0.4) is 0 Å². The van der Waals surface area contributed by atoms with Crippen LogP contribution in [0, 0.1) is 6.92 Å². The van der Waals surface area contributed by atoms with Gasteiger partial charge in [-0.3, -0.25) is 0 Å². The molecule has 96 valence electrons. The molecular formula is C14H19F3. The molecule has 0 spiro atoms. The summed E-state index contributed by atoms with van der Waals surface area (Å²) in [6.07, 6.45) is -4.26. The van der Waals surface area contributed by atoms with E-state index in [1.54, 1.807) is 13.0 Å². The van der Waals surface area contributed by atoms with Crippen molar-refractivity contribution in [3.05, 3.63) is 34.4 Å². The average molecular weight is 244 g/mol. The zero-order chi connectivity index (χ0) is 13.4. The second kappa shape index (κ2) is 4.71. The fourth-order valence-corrected chi connectivity index (χ4v) is 2.33. The molecule has 0 heterocycles. The molecule has 0 radical (unpaired) electrons. The number of hydrogen-bond acceptors (Lipinski definition) is 0. The number of alkyl halides is 3. The van der Waals surface area contributed by atoms with Crippen molar-refractivity contribution in [2.45, 2.75) is 52.6 Å². The molecule has 0 nitrogen and oxygen atoms in total. The molecule has 0 N–H and O–H groups in total. The number of hydrogen-bond donors (Lipinski definition) is 0. The van der Waals surface area contributed by atoms with Gasteiger partial charge in [-0.05, 0) is 41.5 Å². The molecule has 1 rings (SSSR count). The van der Waals surface area contributed by atoms with Gasteiger partial charge in [0, 0.05) is 0 Å². The molecule has 0 unspecified atom stereocenters. The first kappa shape index (κ1) is 14.1. The van der Waals surface area contributed by atoms with Crippen molar-refractivity contribution >= 4 is 0 Å². The second-order valence-electron chi connectivity index (χ2n) is 5.05. The van der Waals surface area contributed by atoms with E-state index in [1.807, 2.05) is 27.7 Å². The molecule has 0 amide bonds. The molecule has 1 aromatic rings. The summed E-state index contributed by atoms with van der Waals surface area (Å²) in [5, 5.41) is 0. The highest BCUT2D eigenvalue weighted by atomic mass is 19.4. The van der Waals surface area contributed by atoms with E-state index in [1.165, 1.54) is 6.07 Å². The van der Waals surface area contributed by atoms with Gasteiger partial charge in [-0.1, -0.05) is 33.8 Å². The number of benzene rings is 1. The molecular weight excluding hydrogens is 225 g/mol. The average Bonchev–Trinajstić information content (AvgIpc) is 2.13. The summed E-state index contributed by atoms with van der Waals surface area (Å²) >= 11 is 0. The molecule has 1 aromatic carbocycles. The lowest BCUT2D eigenvalue weighted by molar-refractivity contribution is -0.138. The van der Waals surface area contributed by atoms with Gasteiger partial charge in [-0.2, -0.15) is 13.2 Å². The minimum Gasteiger partial charge on any atom is -0.166 e. The summed E-state index contributed by atoms with van der Waals surface area (Å²) < 4.78 is 38.5. The molecule has 0 aliphatic rings. The Balaban J connectivity index is 3.50. The highest BCUT2D eigenvalue weighted by molar-refractivity contribution is 5.44. The van der Waals surface area contributed by atoms with E-state index >= 15 is 0 Å². The van der Waals surface area contributed by atoms with Crippen molar-refractivity contribution < 1.29 is 13.2 Å². The van der Waals surface area contributed by atoms with Crippen molar-refractivity contribution in [3.8, 4) is 0 Å². The van der Waals surface area contributed by atoms with Crippen LogP contribution < -0.4 is 0 Å². The standard InChI is InChI=1S/C14H19F3/c1-8(2)11-6-7-12(14(15,16)17)10(5)13(11)9(3)4/h6-9H,1-5H3. The molecule has 0 bridgehead atoms. The lowest BCUT2D eigenvalue weighted by Gasteiger charge is -2.22. The summed E-state index contributed by atoms with van der Waals surface area (Å²) in [5.74, 6) is 0.350. The number of rotatable bonds is 2. The molecule has 0 saturated carbocycles. The monoisotopic (exact) mass is 244 g/mol. The molecule has 0 aliphatic heterocycles. The zero-order valence-electron chi connectivity index (χ0n) is 10.9. The lowest BCUT2D eigenvalue weighted by atomic mass is 9.85. The zero-order valence-corrected chi connectivity index (χ0v) is 10.9. The predicted molar refractivity (Wildman–Crippen MR) is 64.4 cm³/mol. The Morgan fingerprint density at radius 3 is 1.82 bits per heavy atom. The van der Waals surface area contributed by atoms with Crippen molar-refractivity contribution in [1.82, 2.24) is 0 Å². The third-order valence-corrected chi connectivity index (χ3v) is 3.05. The van der Waals surface area contributed by atoms with E-state index in [4.69, 9.17) is 0 Å². The van der Waals surface area contributed by atoms with Crippen LogP contribution in [-0.4, -0.2) is 0 Å². The quantitative estimate of drug-likeness (QED) is 0.665. The summed E-state index contributed by atoms with van der Waals surface area (Å²) in [6, 6.07) is 2.83. The minimum absolute atomic E-state index is 0.106. The van der Waals surface area contributed by atoms with Crippen molar-refractivity contribution in [1.29, 1.82) is 0 Å². The predicted octanol–water partition coefficient (Wildman–Crippen LogP) is 5.26. The molecule has 0 saturated heterocycles. The van der Waals surface area contributed by atoms with Crippen LogP contribution in [-0.2, 0) is 6.18 Å². The van der Waals surface area contributed by atoms with Crippen LogP contribution in [0.15, 0.2) is 12.1 Å². The molecule has 3 heteroatoms. The maximum absolute atomic E-state index is 12.8. The van der Waals surface area contributed by atoms with Crippen molar-refractivity contribution in [2.24, 2.45) is 0 Å². The first-order valence-electron chi connectivity index (χ1n) is 5.86. The summed E-state index contributed by atoms with van der Waals surface area (Å²) in [7, 11) is 0. The summed E-state index contributed by atoms with van der Waals surface area (Å²) in [6.45, 7) is 9.47. The molecule has 0 aromatic heterocycles. The number of halogens is 3. The summed E-state index contributed by atoms with van der Waals surface area (Å²) in [5.41, 5.74) is 1.73. The van der Waals surface area contributed by atoms with Gasteiger partial charge in [-0.15, -0.1) is 0 Å². The van der Waals surface area contributed by atoms with Crippen LogP contribution >= 0.6 is 0 Å². The third kappa shape index (κ3) is 2.82. The van der Waals surface area contributed by atoms with E-state index in [-0.39, 0.29) is 11.8 Å². The van der Waals surface area contributed by atoms with Crippen LogP contribution in [0.25, 0.3) is 0 Å². The Morgan fingerprint density at radius 1 is 0.941 bits per heavy atom. The van der Waals surface area contributed by atoms with Crippen molar-refractivity contribution in [2.75, 3.05) is 0 Å². The van der Waals surface area contributed by atoms with E-state index < -0.39 is 11.7 Å². The van der Waals surface area contributed by atoms with Gasteiger partial charge in [0.25, 0.3) is 0 Å². The largest absolute Gasteiger partial charge is 0.416 e. The Hall–Kier alpha value is -0.990.